The van der Waals surface area contributed by atoms with Gasteiger partial charge in [0.2, 0.25) is 0 Å². The molecule has 2 aromatic carbocycles. The number of imide groups is 1. The van der Waals surface area contributed by atoms with E-state index in [2.05, 4.69) is 29.4 Å². The van der Waals surface area contributed by atoms with Crippen molar-refractivity contribution in [2.75, 3.05) is 4.90 Å². The Morgan fingerprint density at radius 3 is 2.28 bits per heavy atom. The average Bonchev–Trinajstić information content (AvgIpc) is 3.17. The highest BCUT2D eigenvalue weighted by atomic mass is 16.2. The first kappa shape index (κ1) is 15.5. The SMILES string of the molecule is CCc1ccc(CN2N=N[C@@H]3C(=O)N(c4ccccc4)C(=O)[C@H]32)cc1. The Hall–Kier alpha value is -3.02. The summed E-state index contributed by atoms with van der Waals surface area (Å²) in [6.45, 7) is 2.56. The Morgan fingerprint density at radius 1 is 0.920 bits per heavy atom. The Balaban J connectivity index is 1.56. The highest BCUT2D eigenvalue weighted by Crippen LogP contribution is 2.32. The second-order valence-corrected chi connectivity index (χ2v) is 6.21. The van der Waals surface area contributed by atoms with Crippen LogP contribution in [0.3, 0.4) is 0 Å². The van der Waals surface area contributed by atoms with Crippen molar-refractivity contribution in [3.63, 3.8) is 0 Å². The number of amides is 2. The molecule has 2 heterocycles. The lowest BCUT2D eigenvalue weighted by atomic mass is 10.1. The number of hydrogen-bond acceptors (Lipinski definition) is 5. The number of carbonyl (C=O) groups is 2. The van der Waals surface area contributed by atoms with Crippen molar-refractivity contribution in [2.24, 2.45) is 10.3 Å². The Bertz CT molecular complexity index is 832. The molecular formula is C19H18N4O2. The standard InChI is InChI=1S/C19H18N4O2/c1-2-13-8-10-14(11-9-13)12-22-17-16(20-21-22)18(24)23(19(17)25)15-6-4-3-5-7-15/h3-11,16-17H,2,12H2,1H3/t16-,17-/m0/s1. The van der Waals surface area contributed by atoms with Gasteiger partial charge >= 0.3 is 0 Å². The maximum atomic E-state index is 12.8. The van der Waals surface area contributed by atoms with Crippen LogP contribution in [-0.4, -0.2) is 28.9 Å². The van der Waals surface area contributed by atoms with Crippen LogP contribution in [0.4, 0.5) is 5.69 Å². The van der Waals surface area contributed by atoms with Gasteiger partial charge in [0.05, 0.1) is 12.2 Å². The van der Waals surface area contributed by atoms with Gasteiger partial charge in [0.15, 0.2) is 12.1 Å². The molecule has 0 bridgehead atoms. The van der Waals surface area contributed by atoms with Gasteiger partial charge in [0.1, 0.15) is 0 Å². The van der Waals surface area contributed by atoms with Crippen LogP contribution in [0.1, 0.15) is 18.1 Å². The summed E-state index contributed by atoms with van der Waals surface area (Å²) in [5, 5.41) is 9.75. The summed E-state index contributed by atoms with van der Waals surface area (Å²) in [6.07, 6.45) is 0.980. The molecule has 2 aliphatic rings. The van der Waals surface area contributed by atoms with Crippen LogP contribution in [0.5, 0.6) is 0 Å². The van der Waals surface area contributed by atoms with E-state index in [1.807, 2.05) is 18.2 Å². The lowest BCUT2D eigenvalue weighted by Gasteiger charge is -2.20. The number of anilines is 1. The largest absolute Gasteiger partial charge is 0.271 e. The molecule has 2 aromatic rings. The summed E-state index contributed by atoms with van der Waals surface area (Å²) in [5.41, 5.74) is 2.87. The van der Waals surface area contributed by atoms with Gasteiger partial charge in [-0.15, -0.1) is 0 Å². The Morgan fingerprint density at radius 2 is 1.60 bits per heavy atom. The Kier molecular flexibility index (Phi) is 3.80. The zero-order chi connectivity index (χ0) is 17.4. The molecule has 0 N–H and O–H groups in total. The third kappa shape index (κ3) is 2.59. The molecule has 2 atom stereocenters. The number of aryl methyl sites for hydroxylation is 1. The zero-order valence-electron chi connectivity index (χ0n) is 13.9. The number of carbonyl (C=O) groups excluding carboxylic acids is 2. The first-order valence-electron chi connectivity index (χ1n) is 8.37. The van der Waals surface area contributed by atoms with Crippen molar-refractivity contribution >= 4 is 17.5 Å². The topological polar surface area (TPSA) is 65.3 Å². The van der Waals surface area contributed by atoms with E-state index >= 15 is 0 Å². The highest BCUT2D eigenvalue weighted by molar-refractivity contribution is 6.25. The summed E-state index contributed by atoms with van der Waals surface area (Å²) >= 11 is 0. The molecule has 0 aliphatic carbocycles. The molecule has 0 unspecified atom stereocenters. The van der Waals surface area contributed by atoms with Crippen LogP contribution in [-0.2, 0) is 22.6 Å². The quantitative estimate of drug-likeness (QED) is 0.808. The maximum Gasteiger partial charge on any atom is 0.263 e. The molecule has 0 saturated carbocycles. The van der Waals surface area contributed by atoms with Crippen LogP contribution in [0, 0.1) is 0 Å². The minimum absolute atomic E-state index is 0.267. The fraction of sp³-hybridized carbons (Fsp3) is 0.263. The van der Waals surface area contributed by atoms with Gasteiger partial charge < -0.3 is 0 Å². The zero-order valence-corrected chi connectivity index (χ0v) is 13.9. The van der Waals surface area contributed by atoms with E-state index < -0.39 is 12.1 Å². The molecule has 1 fully saturated rings. The van der Waals surface area contributed by atoms with Gasteiger partial charge in [-0.3, -0.25) is 14.6 Å². The molecule has 126 valence electrons. The lowest BCUT2D eigenvalue weighted by molar-refractivity contribution is -0.123. The van der Waals surface area contributed by atoms with Crippen molar-refractivity contribution in [2.45, 2.75) is 32.0 Å². The molecule has 0 radical (unpaired) electrons. The van der Waals surface area contributed by atoms with Gasteiger partial charge in [-0.2, -0.15) is 5.11 Å². The third-order valence-corrected chi connectivity index (χ3v) is 4.65. The van der Waals surface area contributed by atoms with Crippen LogP contribution >= 0.6 is 0 Å². The molecule has 2 aliphatic heterocycles. The predicted molar refractivity (Wildman–Crippen MR) is 92.7 cm³/mol. The summed E-state index contributed by atoms with van der Waals surface area (Å²) in [7, 11) is 0. The molecule has 0 spiro atoms. The van der Waals surface area contributed by atoms with Gasteiger partial charge in [-0.1, -0.05) is 54.6 Å². The molecule has 6 heteroatoms. The summed E-state index contributed by atoms with van der Waals surface area (Å²) in [6, 6.07) is 15.7. The number of benzene rings is 2. The third-order valence-electron chi connectivity index (χ3n) is 4.65. The second-order valence-electron chi connectivity index (χ2n) is 6.21. The summed E-state index contributed by atoms with van der Waals surface area (Å²) < 4.78 is 0. The van der Waals surface area contributed by atoms with Crippen molar-refractivity contribution in [1.82, 2.24) is 5.01 Å². The molecule has 25 heavy (non-hydrogen) atoms. The minimum Gasteiger partial charge on any atom is -0.271 e. The number of nitrogens with zero attached hydrogens (tertiary/aromatic N) is 4. The first-order chi connectivity index (χ1) is 12.2. The summed E-state index contributed by atoms with van der Waals surface area (Å²) in [5.74, 6) is -0.579. The predicted octanol–water partition coefficient (Wildman–Crippen LogP) is 2.74. The van der Waals surface area contributed by atoms with E-state index in [4.69, 9.17) is 0 Å². The molecule has 6 nitrogen and oxygen atoms in total. The first-order valence-corrected chi connectivity index (χ1v) is 8.37. The van der Waals surface area contributed by atoms with Crippen molar-refractivity contribution in [3.8, 4) is 0 Å². The second kappa shape index (κ2) is 6.12. The molecule has 0 aromatic heterocycles. The molecule has 1 saturated heterocycles. The minimum atomic E-state index is -0.748. The monoisotopic (exact) mass is 334 g/mol. The van der Waals surface area contributed by atoms with Crippen LogP contribution in [0.2, 0.25) is 0 Å². The summed E-state index contributed by atoms with van der Waals surface area (Å²) in [4.78, 5) is 26.7. The van der Waals surface area contributed by atoms with Gasteiger partial charge in [-0.05, 0) is 29.7 Å². The normalized spacial score (nSPS) is 22.0. The van der Waals surface area contributed by atoms with Crippen molar-refractivity contribution in [3.05, 3.63) is 65.7 Å². The number of rotatable bonds is 4. The van der Waals surface area contributed by atoms with Crippen LogP contribution in [0.15, 0.2) is 64.9 Å². The average molecular weight is 334 g/mol. The van der Waals surface area contributed by atoms with E-state index in [0.29, 0.717) is 12.2 Å². The molecular weight excluding hydrogens is 316 g/mol. The lowest BCUT2D eigenvalue weighted by Crippen LogP contribution is -2.39. The Labute approximate surface area is 145 Å². The number of fused-ring (bicyclic) bond motifs is 1. The van der Waals surface area contributed by atoms with Crippen LogP contribution < -0.4 is 4.90 Å². The van der Waals surface area contributed by atoms with Gasteiger partial charge in [0, 0.05) is 0 Å². The van der Waals surface area contributed by atoms with Crippen LogP contribution in [0.25, 0.3) is 0 Å². The fourth-order valence-electron chi connectivity index (χ4n) is 3.25. The van der Waals surface area contributed by atoms with Gasteiger partial charge in [0.25, 0.3) is 11.8 Å². The maximum absolute atomic E-state index is 12.8. The number of hydrogen-bond donors (Lipinski definition) is 0. The van der Waals surface area contributed by atoms with Crippen molar-refractivity contribution < 1.29 is 9.59 Å². The van der Waals surface area contributed by atoms with E-state index in [0.717, 1.165) is 12.0 Å². The van der Waals surface area contributed by atoms with E-state index in [1.54, 1.807) is 29.3 Å². The van der Waals surface area contributed by atoms with E-state index in [1.165, 1.54) is 10.5 Å². The van der Waals surface area contributed by atoms with Crippen molar-refractivity contribution in [1.29, 1.82) is 0 Å². The number of para-hydroxylation sites is 1. The molecule has 4 rings (SSSR count). The fourth-order valence-corrected chi connectivity index (χ4v) is 3.25. The van der Waals surface area contributed by atoms with E-state index in [-0.39, 0.29) is 11.8 Å². The van der Waals surface area contributed by atoms with E-state index in [9.17, 15) is 9.59 Å². The molecule has 2 amide bonds. The highest BCUT2D eigenvalue weighted by Gasteiger charge is 2.54. The smallest absolute Gasteiger partial charge is 0.263 e. The van der Waals surface area contributed by atoms with Gasteiger partial charge in [-0.25, -0.2) is 4.90 Å².